The Balaban J connectivity index is 0.745. The summed E-state index contributed by atoms with van der Waals surface area (Å²) in [4.78, 5) is 78.7. The van der Waals surface area contributed by atoms with Crippen molar-refractivity contribution in [3.8, 4) is 28.3 Å². The molecule has 8 heterocycles. The van der Waals surface area contributed by atoms with Crippen LogP contribution >= 0.6 is 0 Å². The molecule has 0 bridgehead atoms. The number of amides is 2. The van der Waals surface area contributed by atoms with Crippen molar-refractivity contribution in [3.63, 3.8) is 0 Å². The van der Waals surface area contributed by atoms with Crippen molar-refractivity contribution in [2.45, 2.75) is 85.9 Å². The fraction of sp³-hybridized carbons (Fsp3) is 0.396. The second-order valence-electron chi connectivity index (χ2n) is 19.7. The van der Waals surface area contributed by atoms with Crippen LogP contribution < -0.4 is 36.4 Å². The molecule has 2 amide bonds. The molecule has 374 valence electrons. The standard InChI is InChI=1S/C53H59N11O8/c1-30-24-60(17-15-54-30)38-11-12-39-44(23-38)71-51(67)46(42-29-63-26-32(3)57-35(6)49(63)59-42)47(39)69-20-16-55-52(68)72-53(7,8)14-13-45(65)64-19-18-61(27-33(64)4)37-10-9-36-21-40(50(66)70-43(36)22-37)41-28-62-25-31(2)56-34(5)48(62)58-41/h9-12,21-23,25-26,28-30,33,54H,13-20,24,27H2,1-8H3,(H,55,68)/t30-,33-/m0/s1. The lowest BCUT2D eigenvalue weighted by Gasteiger charge is -2.41. The molecule has 8 aromatic rings. The molecule has 2 aliphatic heterocycles. The zero-order valence-corrected chi connectivity index (χ0v) is 41.9. The Labute approximate surface area is 414 Å². The monoisotopic (exact) mass is 977 g/mol. The highest BCUT2D eigenvalue weighted by atomic mass is 16.6. The lowest BCUT2D eigenvalue weighted by atomic mass is 10.0. The Kier molecular flexibility index (Phi) is 12.7. The summed E-state index contributed by atoms with van der Waals surface area (Å²) in [5, 5.41) is 7.59. The molecular formula is C53H59N11O8. The molecule has 0 saturated carbocycles. The first-order chi connectivity index (χ1) is 34.5. The van der Waals surface area contributed by atoms with Crippen molar-refractivity contribution >= 4 is 56.6 Å². The summed E-state index contributed by atoms with van der Waals surface area (Å²) in [7, 11) is 0. The van der Waals surface area contributed by atoms with E-state index in [1.807, 2.05) is 109 Å². The van der Waals surface area contributed by atoms with Crippen LogP contribution in [-0.4, -0.2) is 116 Å². The first kappa shape index (κ1) is 47.9. The van der Waals surface area contributed by atoms with Crippen molar-refractivity contribution in [3.05, 3.63) is 111 Å². The molecule has 6 aromatic heterocycles. The van der Waals surface area contributed by atoms with Crippen molar-refractivity contribution in [2.75, 3.05) is 62.2 Å². The Morgan fingerprint density at radius 1 is 0.778 bits per heavy atom. The number of ether oxygens (including phenoxy) is 2. The van der Waals surface area contributed by atoms with Crippen LogP contribution in [0.3, 0.4) is 0 Å². The molecule has 0 spiro atoms. The maximum atomic E-state index is 13.9. The Morgan fingerprint density at radius 3 is 2.14 bits per heavy atom. The van der Waals surface area contributed by atoms with E-state index >= 15 is 0 Å². The van der Waals surface area contributed by atoms with E-state index in [2.05, 4.69) is 42.3 Å². The van der Waals surface area contributed by atoms with Crippen LogP contribution in [0.25, 0.3) is 55.7 Å². The minimum absolute atomic E-state index is 0.00386. The van der Waals surface area contributed by atoms with Crippen molar-refractivity contribution in [2.24, 2.45) is 0 Å². The van der Waals surface area contributed by atoms with Gasteiger partial charge in [-0.3, -0.25) is 14.8 Å². The Bertz CT molecular complexity index is 3540. The zero-order chi connectivity index (χ0) is 50.6. The molecule has 2 saturated heterocycles. The van der Waals surface area contributed by atoms with Gasteiger partial charge in [0.2, 0.25) is 5.91 Å². The number of piperazine rings is 2. The number of nitrogens with one attached hydrogen (secondary N) is 2. The van der Waals surface area contributed by atoms with Gasteiger partial charge in [-0.25, -0.2) is 24.4 Å². The second-order valence-corrected chi connectivity index (χ2v) is 19.7. The summed E-state index contributed by atoms with van der Waals surface area (Å²) in [5.41, 5.74) is 6.48. The molecular weight excluding hydrogens is 919 g/mol. The van der Waals surface area contributed by atoms with E-state index in [0.29, 0.717) is 88.3 Å². The molecule has 2 fully saturated rings. The number of aryl methyl sites for hydroxylation is 4. The molecule has 10 rings (SSSR count). The molecule has 2 N–H and O–H groups in total. The second kappa shape index (κ2) is 19.1. The van der Waals surface area contributed by atoms with E-state index in [1.165, 1.54) is 0 Å². The smallest absolute Gasteiger partial charge is 0.407 e. The molecule has 0 aliphatic carbocycles. The summed E-state index contributed by atoms with van der Waals surface area (Å²) >= 11 is 0. The van der Waals surface area contributed by atoms with E-state index in [-0.39, 0.29) is 37.1 Å². The third-order valence-electron chi connectivity index (χ3n) is 13.5. The highest BCUT2D eigenvalue weighted by molar-refractivity contribution is 5.92. The molecule has 19 nitrogen and oxygen atoms in total. The van der Waals surface area contributed by atoms with Gasteiger partial charge in [0, 0.05) is 111 Å². The van der Waals surface area contributed by atoms with Gasteiger partial charge in [0.25, 0.3) is 0 Å². The highest BCUT2D eigenvalue weighted by Gasteiger charge is 2.31. The summed E-state index contributed by atoms with van der Waals surface area (Å²) in [6.45, 7) is 19.4. The predicted molar refractivity (Wildman–Crippen MR) is 274 cm³/mol. The quantitative estimate of drug-likeness (QED) is 0.0959. The van der Waals surface area contributed by atoms with E-state index in [9.17, 15) is 19.2 Å². The van der Waals surface area contributed by atoms with Gasteiger partial charge in [-0.1, -0.05) is 0 Å². The average molecular weight is 978 g/mol. The number of nitrogens with zero attached hydrogens (tertiary/aromatic N) is 9. The molecule has 0 radical (unpaired) electrons. The van der Waals surface area contributed by atoms with Gasteiger partial charge in [-0.05, 0) is 92.1 Å². The normalized spacial score (nSPS) is 16.6. The lowest BCUT2D eigenvalue weighted by molar-refractivity contribution is -0.134. The van der Waals surface area contributed by atoms with Gasteiger partial charge in [-0.15, -0.1) is 0 Å². The van der Waals surface area contributed by atoms with Crippen LogP contribution in [0, 0.1) is 27.7 Å². The van der Waals surface area contributed by atoms with Gasteiger partial charge in [0.1, 0.15) is 40.4 Å². The summed E-state index contributed by atoms with van der Waals surface area (Å²) in [6.07, 6.45) is 7.11. The maximum absolute atomic E-state index is 13.9. The van der Waals surface area contributed by atoms with Crippen LogP contribution in [-0.2, 0) is 9.53 Å². The first-order valence-corrected chi connectivity index (χ1v) is 24.4. The minimum atomic E-state index is -0.961. The molecule has 72 heavy (non-hydrogen) atoms. The van der Waals surface area contributed by atoms with Crippen LogP contribution in [0.5, 0.6) is 5.75 Å². The fourth-order valence-electron chi connectivity index (χ4n) is 9.99. The van der Waals surface area contributed by atoms with Crippen LogP contribution in [0.15, 0.2) is 85.7 Å². The molecule has 2 atom stereocenters. The van der Waals surface area contributed by atoms with Crippen molar-refractivity contribution < 1.29 is 27.9 Å². The molecule has 2 aromatic carbocycles. The highest BCUT2D eigenvalue weighted by Crippen LogP contribution is 2.36. The SMILES string of the molecule is Cc1cn2cc(-c3cc4ccc(N5CCN(C(=O)CCC(C)(C)OC(=O)NCCOc6c(-c7cn8cc(C)nc(C)c8n7)c(=O)oc7cc(N8CCN[C@@H](C)C8)ccc67)[C@@H](C)C5)cc4oc3=O)nc2c(C)n1. The number of rotatable bonds is 12. The van der Waals surface area contributed by atoms with Gasteiger partial charge in [-0.2, -0.15) is 0 Å². The van der Waals surface area contributed by atoms with Gasteiger partial charge in [0.15, 0.2) is 11.3 Å². The van der Waals surface area contributed by atoms with Gasteiger partial charge in [0.05, 0.1) is 46.0 Å². The fourth-order valence-corrected chi connectivity index (χ4v) is 9.99. The number of carbonyl (C=O) groups excluding carboxylic acids is 2. The molecule has 2 aliphatic rings. The number of alkyl carbamates (subject to hydrolysis) is 1. The van der Waals surface area contributed by atoms with E-state index in [4.69, 9.17) is 23.3 Å². The number of benzene rings is 2. The third kappa shape index (κ3) is 9.67. The summed E-state index contributed by atoms with van der Waals surface area (Å²) in [5.74, 6) is 0.259. The number of imidazole rings is 2. The first-order valence-electron chi connectivity index (χ1n) is 24.4. The number of aromatic nitrogens is 6. The van der Waals surface area contributed by atoms with E-state index in [0.717, 1.165) is 53.5 Å². The maximum Gasteiger partial charge on any atom is 0.407 e. The van der Waals surface area contributed by atoms with Crippen molar-refractivity contribution in [1.82, 2.24) is 44.3 Å². The molecule has 0 unspecified atom stereocenters. The number of fused-ring (bicyclic) bond motifs is 4. The third-order valence-corrected chi connectivity index (χ3v) is 13.5. The Morgan fingerprint density at radius 2 is 1.43 bits per heavy atom. The van der Waals surface area contributed by atoms with E-state index < -0.39 is 22.9 Å². The predicted octanol–water partition coefficient (Wildman–Crippen LogP) is 6.75. The Hall–Kier alpha value is -7.80. The van der Waals surface area contributed by atoms with Gasteiger partial charge >= 0.3 is 17.3 Å². The lowest BCUT2D eigenvalue weighted by Crippen LogP contribution is -2.54. The number of hydrogen-bond acceptors (Lipinski definition) is 15. The number of anilines is 2. The number of carbonyl (C=O) groups is 2. The van der Waals surface area contributed by atoms with Crippen LogP contribution in [0.2, 0.25) is 0 Å². The minimum Gasteiger partial charge on any atom is -0.490 e. The zero-order valence-electron chi connectivity index (χ0n) is 41.9. The van der Waals surface area contributed by atoms with Crippen LogP contribution in [0.1, 0.15) is 63.3 Å². The average Bonchev–Trinajstić information content (AvgIpc) is 3.96. The van der Waals surface area contributed by atoms with Crippen LogP contribution in [0.4, 0.5) is 16.2 Å². The topological polar surface area (TPSA) is 207 Å². The number of hydrogen-bond donors (Lipinski definition) is 2. The van der Waals surface area contributed by atoms with Crippen molar-refractivity contribution in [1.29, 1.82) is 0 Å². The van der Waals surface area contributed by atoms with E-state index in [1.54, 1.807) is 20.0 Å². The summed E-state index contributed by atoms with van der Waals surface area (Å²) < 4.78 is 27.7. The largest absolute Gasteiger partial charge is 0.490 e. The van der Waals surface area contributed by atoms with Gasteiger partial charge < -0.3 is 52.4 Å². The molecule has 19 heteroatoms. The summed E-state index contributed by atoms with van der Waals surface area (Å²) in [6, 6.07) is 13.6.